The average Bonchev–Trinajstić information content (AvgIpc) is 3.14. The monoisotopic (exact) mass is 500 g/mol. The Bertz CT molecular complexity index is 1300. The van der Waals surface area contributed by atoms with Gasteiger partial charge >= 0.3 is 6.03 Å². The van der Waals surface area contributed by atoms with Crippen LogP contribution in [-0.2, 0) is 27.7 Å². The molecule has 0 saturated heterocycles. The predicted octanol–water partition coefficient (Wildman–Crippen LogP) is 3.80. The second-order valence-electron chi connectivity index (χ2n) is 7.50. The molecule has 3 aromatic rings. The van der Waals surface area contributed by atoms with Crippen molar-refractivity contribution >= 4 is 33.3 Å². The summed E-state index contributed by atoms with van der Waals surface area (Å²) in [6.07, 6.45) is 0.747. The Labute approximate surface area is 205 Å². The Balaban J connectivity index is 1.94. The van der Waals surface area contributed by atoms with Crippen LogP contribution in [0.3, 0.4) is 0 Å². The van der Waals surface area contributed by atoms with Crippen LogP contribution in [0.5, 0.6) is 0 Å². The Hall–Kier alpha value is -3.24. The third-order valence-electron chi connectivity index (χ3n) is 5.24. The van der Waals surface area contributed by atoms with Crippen LogP contribution in [0.15, 0.2) is 53.4 Å². The highest BCUT2D eigenvalue weighted by Crippen LogP contribution is 2.28. The number of amides is 2. The summed E-state index contributed by atoms with van der Waals surface area (Å²) >= 11 is 5.47. The fourth-order valence-corrected chi connectivity index (χ4v) is 5.23. The van der Waals surface area contributed by atoms with Crippen molar-refractivity contribution in [1.82, 2.24) is 19.6 Å². The molecule has 1 aromatic heterocycles. The number of nitrogens with one attached hydrogen (secondary N) is 2. The average molecular weight is 501 g/mol. The molecule has 2 N–H and O–H groups in total. The van der Waals surface area contributed by atoms with E-state index in [4.69, 9.17) is 17.0 Å². The fraction of sp³-hybridized carbons (Fsp3) is 0.292. The van der Waals surface area contributed by atoms with E-state index in [1.54, 1.807) is 18.2 Å². The summed E-state index contributed by atoms with van der Waals surface area (Å²) in [5.41, 5.74) is 3.84. The number of aromatic nitrogens is 2. The van der Waals surface area contributed by atoms with E-state index in [0.717, 1.165) is 29.2 Å². The van der Waals surface area contributed by atoms with Crippen molar-refractivity contribution in [3.05, 3.63) is 71.3 Å². The fourth-order valence-electron chi connectivity index (χ4n) is 3.67. The maximum absolute atomic E-state index is 12.7. The molecule has 2 amide bonds. The summed E-state index contributed by atoms with van der Waals surface area (Å²) in [6, 6.07) is 13.3. The van der Waals surface area contributed by atoms with Crippen molar-refractivity contribution in [2.75, 3.05) is 13.7 Å². The number of ether oxygens (including phenoxy) is 1. The number of thiocarbonyl (C=S) groups is 1. The number of carbonyl (C=O) groups excluding carboxylic acids is 1. The SMILES string of the molecule is CCOC(=S)c1c(C)nc(CC)n1Cc1ccc(-c2ccccc2S(=O)(=O)NC(=O)NC)cc1. The third kappa shape index (κ3) is 5.45. The summed E-state index contributed by atoms with van der Waals surface area (Å²) in [5, 5.41) is 2.68. The van der Waals surface area contributed by atoms with E-state index in [2.05, 4.69) is 14.9 Å². The van der Waals surface area contributed by atoms with Gasteiger partial charge in [-0.15, -0.1) is 0 Å². The van der Waals surface area contributed by atoms with Crippen LogP contribution in [0.25, 0.3) is 11.1 Å². The van der Waals surface area contributed by atoms with E-state index in [9.17, 15) is 13.2 Å². The maximum atomic E-state index is 12.7. The highest BCUT2D eigenvalue weighted by molar-refractivity contribution is 7.90. The van der Waals surface area contributed by atoms with Crippen LogP contribution in [0.1, 0.15) is 36.6 Å². The zero-order chi connectivity index (χ0) is 24.9. The van der Waals surface area contributed by atoms with Gasteiger partial charge in [0.2, 0.25) is 5.05 Å². The predicted molar refractivity (Wildman–Crippen MR) is 135 cm³/mol. The van der Waals surface area contributed by atoms with Crippen LogP contribution in [0.4, 0.5) is 4.79 Å². The van der Waals surface area contributed by atoms with Crippen molar-refractivity contribution in [1.29, 1.82) is 0 Å². The van der Waals surface area contributed by atoms with Gasteiger partial charge in [0.25, 0.3) is 10.0 Å². The van der Waals surface area contributed by atoms with E-state index in [1.807, 2.05) is 49.8 Å². The van der Waals surface area contributed by atoms with E-state index in [-0.39, 0.29) is 4.90 Å². The molecule has 0 fully saturated rings. The molecule has 0 aliphatic heterocycles. The number of carbonyl (C=O) groups is 1. The number of benzene rings is 2. The minimum Gasteiger partial charge on any atom is -0.482 e. The van der Waals surface area contributed by atoms with Crippen LogP contribution >= 0.6 is 12.2 Å². The number of imidazole rings is 1. The van der Waals surface area contributed by atoms with Gasteiger partial charge in [0.1, 0.15) is 11.5 Å². The van der Waals surface area contributed by atoms with Crippen molar-refractivity contribution in [3.63, 3.8) is 0 Å². The smallest absolute Gasteiger partial charge is 0.328 e. The molecule has 0 bridgehead atoms. The minimum absolute atomic E-state index is 0.0224. The van der Waals surface area contributed by atoms with Crippen molar-refractivity contribution in [2.24, 2.45) is 0 Å². The van der Waals surface area contributed by atoms with Gasteiger partial charge in [-0.1, -0.05) is 49.4 Å². The largest absolute Gasteiger partial charge is 0.482 e. The summed E-state index contributed by atoms with van der Waals surface area (Å²) in [6.45, 7) is 6.88. The second-order valence-corrected chi connectivity index (χ2v) is 9.52. The number of hydrogen-bond donors (Lipinski definition) is 2. The van der Waals surface area contributed by atoms with Gasteiger partial charge in [-0.25, -0.2) is 22.9 Å². The molecule has 0 aliphatic rings. The van der Waals surface area contributed by atoms with E-state index >= 15 is 0 Å². The Morgan fingerprint density at radius 1 is 1.12 bits per heavy atom. The lowest BCUT2D eigenvalue weighted by Gasteiger charge is -2.14. The number of hydrogen-bond acceptors (Lipinski definition) is 6. The molecule has 8 nitrogen and oxygen atoms in total. The zero-order valence-corrected chi connectivity index (χ0v) is 21.2. The zero-order valence-electron chi connectivity index (χ0n) is 19.6. The number of rotatable bonds is 8. The van der Waals surface area contributed by atoms with Crippen LogP contribution < -0.4 is 10.0 Å². The molecule has 34 heavy (non-hydrogen) atoms. The van der Waals surface area contributed by atoms with E-state index in [1.165, 1.54) is 13.1 Å². The quantitative estimate of drug-likeness (QED) is 0.456. The maximum Gasteiger partial charge on any atom is 0.328 e. The van der Waals surface area contributed by atoms with E-state index in [0.29, 0.717) is 29.3 Å². The van der Waals surface area contributed by atoms with Gasteiger partial charge in [0.05, 0.1) is 17.2 Å². The van der Waals surface area contributed by atoms with Crippen LogP contribution in [0, 0.1) is 6.92 Å². The lowest BCUT2D eigenvalue weighted by molar-refractivity contribution is 0.248. The molecule has 0 atom stereocenters. The summed E-state index contributed by atoms with van der Waals surface area (Å²) in [7, 11) is -2.68. The van der Waals surface area contributed by atoms with Gasteiger partial charge < -0.3 is 14.6 Å². The van der Waals surface area contributed by atoms with Crippen molar-refractivity contribution in [3.8, 4) is 11.1 Å². The molecular weight excluding hydrogens is 472 g/mol. The Morgan fingerprint density at radius 2 is 1.79 bits per heavy atom. The number of aryl methyl sites for hydroxylation is 2. The second kappa shape index (κ2) is 10.8. The van der Waals surface area contributed by atoms with Gasteiger partial charge in [-0.3, -0.25) is 0 Å². The standard InChI is InChI=1S/C24H28N4O4S2/c1-5-21-26-16(3)22(23(33)32-6-2)28(21)15-17-11-13-18(14-12-17)19-9-7-8-10-20(19)34(30,31)27-24(29)25-4/h7-14H,5-6,15H2,1-4H3,(H2,25,27,29). The van der Waals surface area contributed by atoms with Crippen molar-refractivity contribution in [2.45, 2.75) is 38.6 Å². The Kier molecular flexibility index (Phi) is 8.06. The van der Waals surface area contributed by atoms with Gasteiger partial charge in [0, 0.05) is 25.6 Å². The third-order valence-corrected chi connectivity index (χ3v) is 6.94. The molecular formula is C24H28N4O4S2. The highest BCUT2D eigenvalue weighted by atomic mass is 32.2. The molecule has 2 aromatic carbocycles. The van der Waals surface area contributed by atoms with E-state index < -0.39 is 16.1 Å². The molecule has 0 saturated carbocycles. The molecule has 10 heteroatoms. The van der Waals surface area contributed by atoms with Gasteiger partial charge in [0.15, 0.2) is 0 Å². The number of nitrogens with zero attached hydrogens (tertiary/aromatic N) is 2. The first kappa shape index (κ1) is 25.4. The number of urea groups is 1. The first-order valence-electron chi connectivity index (χ1n) is 10.9. The molecule has 3 rings (SSSR count). The molecule has 0 spiro atoms. The first-order valence-corrected chi connectivity index (χ1v) is 12.8. The normalized spacial score (nSPS) is 11.2. The van der Waals surface area contributed by atoms with Crippen molar-refractivity contribution < 1.29 is 17.9 Å². The first-order chi connectivity index (χ1) is 16.2. The summed E-state index contributed by atoms with van der Waals surface area (Å²) in [4.78, 5) is 16.3. The van der Waals surface area contributed by atoms with Crippen LogP contribution in [-0.4, -0.2) is 42.7 Å². The van der Waals surface area contributed by atoms with Crippen LogP contribution in [0.2, 0.25) is 0 Å². The molecule has 180 valence electrons. The highest BCUT2D eigenvalue weighted by Gasteiger charge is 2.22. The lowest BCUT2D eigenvalue weighted by atomic mass is 10.0. The molecule has 1 heterocycles. The molecule has 0 radical (unpaired) electrons. The molecule has 0 unspecified atom stereocenters. The molecule has 0 aliphatic carbocycles. The summed E-state index contributed by atoms with van der Waals surface area (Å²) < 4.78 is 35.1. The Morgan fingerprint density at radius 3 is 2.41 bits per heavy atom. The minimum atomic E-state index is -4.04. The summed E-state index contributed by atoms with van der Waals surface area (Å²) in [5.74, 6) is 0.912. The number of sulfonamides is 1. The van der Waals surface area contributed by atoms with Gasteiger partial charge in [-0.2, -0.15) is 0 Å². The lowest BCUT2D eigenvalue weighted by Crippen LogP contribution is -2.37. The van der Waals surface area contributed by atoms with Gasteiger partial charge in [-0.05, 0) is 43.3 Å². The topological polar surface area (TPSA) is 102 Å².